The van der Waals surface area contributed by atoms with E-state index in [1.807, 2.05) is 0 Å². The minimum absolute atomic E-state index is 0.140. The summed E-state index contributed by atoms with van der Waals surface area (Å²) in [6.45, 7) is -0.875. The minimum atomic E-state index is -0.958. The maximum atomic E-state index is 10.2. The van der Waals surface area contributed by atoms with Crippen molar-refractivity contribution in [2.75, 3.05) is 19.8 Å². The molecule has 1 rings (SSSR count). The summed E-state index contributed by atoms with van der Waals surface area (Å²) in [6.07, 6.45) is 5.01. The number of rotatable bonds is 4. The van der Waals surface area contributed by atoms with Gasteiger partial charge >= 0.3 is 0 Å². The number of carboxylic acids is 1. The van der Waals surface area contributed by atoms with Crippen LogP contribution in [-0.2, 0) is 4.79 Å². The van der Waals surface area contributed by atoms with Gasteiger partial charge in [0, 0.05) is 5.97 Å². The predicted octanol–water partition coefficient (Wildman–Crippen LogP) is -2.74. The minimum Gasteiger partial charge on any atom is -0.550 e. The monoisotopic (exact) mass is 249 g/mol. The van der Waals surface area contributed by atoms with Crippen molar-refractivity contribution in [2.45, 2.75) is 37.6 Å². The first-order chi connectivity index (χ1) is 7.99. The van der Waals surface area contributed by atoms with Crippen LogP contribution >= 0.6 is 0 Å². The van der Waals surface area contributed by atoms with Crippen molar-refractivity contribution in [3.05, 3.63) is 0 Å². The maximum absolute atomic E-state index is 10.2. The fourth-order valence-electron chi connectivity index (χ4n) is 1.49. The highest BCUT2D eigenvalue weighted by Gasteiger charge is 2.25. The lowest BCUT2D eigenvalue weighted by Gasteiger charge is -2.21. The smallest absolute Gasteiger partial charge is 0.164 e. The van der Waals surface area contributed by atoms with Gasteiger partial charge in [-0.25, -0.2) is 0 Å². The summed E-state index contributed by atoms with van der Waals surface area (Å²) >= 11 is 0. The molecule has 0 aromatic heterocycles. The topological polar surface area (TPSA) is 128 Å². The van der Waals surface area contributed by atoms with Crippen molar-refractivity contribution in [2.24, 2.45) is 5.92 Å². The summed E-state index contributed by atoms with van der Waals surface area (Å²) in [5, 5.41) is 35.5. The van der Waals surface area contributed by atoms with Gasteiger partial charge in [0.25, 0.3) is 0 Å². The highest BCUT2D eigenvalue weighted by molar-refractivity contribution is 5.67. The van der Waals surface area contributed by atoms with E-state index in [4.69, 9.17) is 15.3 Å². The second-order valence-corrected chi connectivity index (χ2v) is 4.63. The Bertz CT molecular complexity index is 204. The first kappa shape index (κ1) is 16.3. The van der Waals surface area contributed by atoms with Crippen LogP contribution in [0.15, 0.2) is 0 Å². The number of carbonyl (C=O) groups is 1. The quantitative estimate of drug-likeness (QED) is 0.429. The Morgan fingerprint density at radius 1 is 1.12 bits per heavy atom. The molecule has 0 heterocycles. The molecule has 1 saturated carbocycles. The molecule has 0 saturated heterocycles. The van der Waals surface area contributed by atoms with Gasteiger partial charge in [-0.2, -0.15) is 0 Å². The summed E-state index contributed by atoms with van der Waals surface area (Å²) in [5.74, 6) is -0.992. The van der Waals surface area contributed by atoms with E-state index in [-0.39, 0.29) is 25.7 Å². The molecule has 1 aliphatic rings. The Kier molecular flexibility index (Phi) is 8.07. The van der Waals surface area contributed by atoms with Crippen LogP contribution in [0.3, 0.4) is 0 Å². The lowest BCUT2D eigenvalue weighted by atomic mass is 9.90. The molecule has 0 atom stereocenters. The van der Waals surface area contributed by atoms with E-state index in [1.54, 1.807) is 0 Å². The van der Waals surface area contributed by atoms with Crippen molar-refractivity contribution < 1.29 is 31.0 Å². The summed E-state index contributed by atoms with van der Waals surface area (Å²) in [6, 6.07) is 0. The first-order valence-corrected chi connectivity index (χ1v) is 5.88. The Balaban J connectivity index is 0.000000304. The summed E-state index contributed by atoms with van der Waals surface area (Å²) in [4.78, 5) is 10.2. The van der Waals surface area contributed by atoms with E-state index in [2.05, 4.69) is 5.73 Å². The Labute approximate surface area is 101 Å². The van der Waals surface area contributed by atoms with Crippen LogP contribution in [0.1, 0.15) is 32.1 Å². The average Bonchev–Trinajstić information content (AvgIpc) is 2.39. The van der Waals surface area contributed by atoms with Crippen molar-refractivity contribution in [3.8, 4) is 0 Å². The molecule has 0 aromatic carbocycles. The van der Waals surface area contributed by atoms with Crippen molar-refractivity contribution in [3.63, 3.8) is 0 Å². The normalized spacial score (nSPS) is 17.2. The van der Waals surface area contributed by atoms with Gasteiger partial charge in [-0.3, -0.25) is 0 Å². The molecule has 1 fully saturated rings. The lowest BCUT2D eigenvalue weighted by molar-refractivity contribution is -0.494. The van der Waals surface area contributed by atoms with Crippen LogP contribution in [0.4, 0.5) is 0 Å². The SMILES string of the molecule is O=C([O-])C1CCCCC1.[NH3+]C(CO)(CO)CO. The molecule has 17 heavy (non-hydrogen) atoms. The van der Waals surface area contributed by atoms with Gasteiger partial charge in [-0.15, -0.1) is 0 Å². The summed E-state index contributed by atoms with van der Waals surface area (Å²) in [7, 11) is 0. The van der Waals surface area contributed by atoms with Crippen LogP contribution in [0.5, 0.6) is 0 Å². The average molecular weight is 249 g/mol. The van der Waals surface area contributed by atoms with E-state index in [1.165, 1.54) is 6.42 Å². The van der Waals surface area contributed by atoms with Crippen molar-refractivity contribution >= 4 is 5.97 Å². The number of aliphatic hydroxyl groups excluding tert-OH is 3. The second-order valence-electron chi connectivity index (χ2n) is 4.63. The number of hydrogen-bond donors (Lipinski definition) is 4. The number of carbonyl (C=O) groups excluding carboxylic acids is 1. The summed E-state index contributed by atoms with van der Waals surface area (Å²) < 4.78 is 0. The zero-order chi connectivity index (χ0) is 13.3. The molecule has 0 bridgehead atoms. The second kappa shape index (κ2) is 8.41. The predicted molar refractivity (Wildman–Crippen MR) is 58.5 cm³/mol. The van der Waals surface area contributed by atoms with E-state index >= 15 is 0 Å². The number of carboxylic acid groups (broad SMARTS) is 1. The number of aliphatic carboxylic acids is 1. The van der Waals surface area contributed by atoms with E-state index in [9.17, 15) is 9.90 Å². The molecule has 6 heteroatoms. The molecule has 0 spiro atoms. The number of aliphatic hydroxyl groups is 3. The Hall–Kier alpha value is -0.690. The first-order valence-electron chi connectivity index (χ1n) is 5.88. The van der Waals surface area contributed by atoms with Gasteiger partial charge in [-0.05, 0) is 18.8 Å². The van der Waals surface area contributed by atoms with Crippen LogP contribution in [0.2, 0.25) is 0 Å². The fraction of sp³-hybridized carbons (Fsp3) is 0.909. The van der Waals surface area contributed by atoms with Gasteiger partial charge in [0.15, 0.2) is 5.54 Å². The van der Waals surface area contributed by atoms with Crippen LogP contribution in [0, 0.1) is 5.92 Å². The molecule has 0 aromatic rings. The van der Waals surface area contributed by atoms with E-state index < -0.39 is 11.5 Å². The molecule has 0 unspecified atom stereocenters. The molecule has 0 aliphatic heterocycles. The molecule has 0 radical (unpaired) electrons. The Morgan fingerprint density at radius 2 is 1.53 bits per heavy atom. The largest absolute Gasteiger partial charge is 0.550 e. The molecule has 102 valence electrons. The third-order valence-electron chi connectivity index (χ3n) is 2.94. The van der Waals surface area contributed by atoms with Gasteiger partial charge in [0.05, 0.1) is 0 Å². The van der Waals surface area contributed by atoms with Crippen molar-refractivity contribution in [1.29, 1.82) is 0 Å². The zero-order valence-electron chi connectivity index (χ0n) is 10.1. The van der Waals surface area contributed by atoms with Crippen LogP contribution < -0.4 is 10.8 Å². The van der Waals surface area contributed by atoms with Gasteiger partial charge in [0.2, 0.25) is 0 Å². The maximum Gasteiger partial charge on any atom is 0.164 e. The summed E-state index contributed by atoms with van der Waals surface area (Å²) in [5.41, 5.74) is 2.42. The van der Waals surface area contributed by atoms with Gasteiger partial charge < -0.3 is 31.0 Å². The Morgan fingerprint density at radius 3 is 1.71 bits per heavy atom. The molecule has 6 nitrogen and oxygen atoms in total. The highest BCUT2D eigenvalue weighted by atomic mass is 16.4. The number of quaternary nitrogens is 1. The fourth-order valence-corrected chi connectivity index (χ4v) is 1.49. The molecule has 1 aliphatic carbocycles. The number of hydrogen-bond acceptors (Lipinski definition) is 5. The third-order valence-corrected chi connectivity index (χ3v) is 2.94. The third kappa shape index (κ3) is 6.58. The van der Waals surface area contributed by atoms with E-state index in [0.29, 0.717) is 0 Å². The molecular weight excluding hydrogens is 226 g/mol. The van der Waals surface area contributed by atoms with Crippen LogP contribution in [0.25, 0.3) is 0 Å². The van der Waals surface area contributed by atoms with Crippen molar-refractivity contribution in [1.82, 2.24) is 0 Å². The highest BCUT2D eigenvalue weighted by Crippen LogP contribution is 2.22. The van der Waals surface area contributed by atoms with Crippen LogP contribution in [-0.4, -0.2) is 46.6 Å². The van der Waals surface area contributed by atoms with Gasteiger partial charge in [0.1, 0.15) is 19.8 Å². The van der Waals surface area contributed by atoms with E-state index in [0.717, 1.165) is 25.7 Å². The lowest BCUT2D eigenvalue weighted by Crippen LogP contribution is -2.78. The molecule has 6 N–H and O–H groups in total. The van der Waals surface area contributed by atoms with Gasteiger partial charge in [-0.1, -0.05) is 19.3 Å². The molecule has 0 amide bonds. The standard InChI is InChI=1S/C7H12O2.C4H11NO3/c8-7(9)6-4-2-1-3-5-6;5-4(1-6,2-7)3-8/h6H,1-5H2,(H,8,9);6-8H,1-3,5H2. The zero-order valence-corrected chi connectivity index (χ0v) is 10.1. The molecular formula is C11H23NO5.